The smallest absolute Gasteiger partial charge is 0.153 e. The van der Waals surface area contributed by atoms with Crippen molar-refractivity contribution in [3.63, 3.8) is 0 Å². The van der Waals surface area contributed by atoms with E-state index < -0.39 is 0 Å². The highest BCUT2D eigenvalue weighted by molar-refractivity contribution is 5.32. The lowest BCUT2D eigenvalue weighted by atomic mass is 10.4. The molecule has 4 heteroatoms. The van der Waals surface area contributed by atoms with Crippen LogP contribution in [0, 0.1) is 6.92 Å². The summed E-state index contributed by atoms with van der Waals surface area (Å²) in [6.45, 7) is 3.83. The Morgan fingerprint density at radius 3 is 2.82 bits per heavy atom. The summed E-state index contributed by atoms with van der Waals surface area (Å²) in [4.78, 5) is 8.14. The Bertz CT molecular complexity index is 227. The first kappa shape index (κ1) is 7.94. The van der Waals surface area contributed by atoms with Crippen LogP contribution in [-0.2, 0) is 6.42 Å². The van der Waals surface area contributed by atoms with Crippen molar-refractivity contribution >= 4 is 5.82 Å². The van der Waals surface area contributed by atoms with Crippen LogP contribution >= 0.6 is 0 Å². The van der Waals surface area contributed by atoms with Crippen LogP contribution in [0.3, 0.4) is 0 Å². The van der Waals surface area contributed by atoms with Crippen LogP contribution < -0.4 is 5.48 Å². The first-order valence-electron chi connectivity index (χ1n) is 3.51. The molecule has 60 valence electrons. The molecule has 11 heavy (non-hydrogen) atoms. The van der Waals surface area contributed by atoms with Crippen molar-refractivity contribution in [1.29, 1.82) is 0 Å². The van der Waals surface area contributed by atoms with Gasteiger partial charge < -0.3 is 0 Å². The minimum Gasteiger partial charge on any atom is -0.290 e. The Kier molecular flexibility index (Phi) is 2.38. The molecule has 0 spiro atoms. The second kappa shape index (κ2) is 3.30. The van der Waals surface area contributed by atoms with Crippen molar-refractivity contribution in [3.05, 3.63) is 17.6 Å². The largest absolute Gasteiger partial charge is 0.290 e. The predicted octanol–water partition coefficient (Wildman–Crippen LogP) is 1.15. The highest BCUT2D eigenvalue weighted by atomic mass is 16.5. The summed E-state index contributed by atoms with van der Waals surface area (Å²) >= 11 is 0. The van der Waals surface area contributed by atoms with Gasteiger partial charge in [0.25, 0.3) is 0 Å². The lowest BCUT2D eigenvalue weighted by Crippen LogP contribution is -2.00. The zero-order chi connectivity index (χ0) is 8.27. The van der Waals surface area contributed by atoms with E-state index in [-0.39, 0.29) is 0 Å². The molecule has 1 rings (SSSR count). The molecule has 0 aliphatic rings. The summed E-state index contributed by atoms with van der Waals surface area (Å²) < 4.78 is 0. The minimum atomic E-state index is 0.453. The Morgan fingerprint density at radius 2 is 2.27 bits per heavy atom. The number of aromatic nitrogens is 2. The second-order valence-corrected chi connectivity index (χ2v) is 2.28. The zero-order valence-corrected chi connectivity index (χ0v) is 6.63. The molecule has 0 radical (unpaired) electrons. The van der Waals surface area contributed by atoms with E-state index in [9.17, 15) is 0 Å². The Hall–Kier alpha value is -1.16. The van der Waals surface area contributed by atoms with E-state index in [0.29, 0.717) is 5.82 Å². The Labute approximate surface area is 65.3 Å². The average Bonchev–Trinajstić information content (AvgIpc) is 2.03. The van der Waals surface area contributed by atoms with Crippen molar-refractivity contribution in [2.24, 2.45) is 0 Å². The fourth-order valence-electron chi connectivity index (χ4n) is 0.845. The van der Waals surface area contributed by atoms with E-state index in [1.54, 1.807) is 6.07 Å². The van der Waals surface area contributed by atoms with Gasteiger partial charge in [0.2, 0.25) is 0 Å². The Balaban J connectivity index is 3.02. The number of hydrogen-bond donors (Lipinski definition) is 2. The third kappa shape index (κ3) is 1.88. The molecule has 0 unspecified atom stereocenters. The van der Waals surface area contributed by atoms with Crippen molar-refractivity contribution in [1.82, 2.24) is 9.97 Å². The maximum Gasteiger partial charge on any atom is 0.153 e. The van der Waals surface area contributed by atoms with Gasteiger partial charge in [-0.15, -0.1) is 0 Å². The van der Waals surface area contributed by atoms with Gasteiger partial charge in [-0.25, -0.2) is 9.97 Å². The number of rotatable bonds is 2. The van der Waals surface area contributed by atoms with Crippen LogP contribution in [0.4, 0.5) is 5.82 Å². The number of nitrogens with zero attached hydrogens (tertiary/aromatic N) is 2. The summed E-state index contributed by atoms with van der Waals surface area (Å²) in [5.74, 6) is 1.19. The SMILES string of the molecule is CCc1nc(C)cc(NO)n1. The molecular formula is C7H11N3O. The van der Waals surface area contributed by atoms with E-state index in [1.807, 2.05) is 19.3 Å². The summed E-state index contributed by atoms with van der Waals surface area (Å²) in [6, 6.07) is 1.68. The normalized spacial score (nSPS) is 9.73. The minimum absolute atomic E-state index is 0.453. The number of anilines is 1. The van der Waals surface area contributed by atoms with Crippen LogP contribution in [0.2, 0.25) is 0 Å². The lowest BCUT2D eigenvalue weighted by molar-refractivity contribution is 0.385. The van der Waals surface area contributed by atoms with Crippen LogP contribution in [-0.4, -0.2) is 15.2 Å². The molecule has 1 aromatic heterocycles. The third-order valence-electron chi connectivity index (χ3n) is 1.33. The molecule has 0 fully saturated rings. The summed E-state index contributed by atoms with van der Waals surface area (Å²) in [7, 11) is 0. The molecule has 0 bridgehead atoms. The van der Waals surface area contributed by atoms with Crippen LogP contribution in [0.15, 0.2) is 6.07 Å². The summed E-state index contributed by atoms with van der Waals surface area (Å²) in [5, 5.41) is 8.54. The third-order valence-corrected chi connectivity index (χ3v) is 1.33. The summed E-state index contributed by atoms with van der Waals surface area (Å²) in [5.41, 5.74) is 2.85. The molecule has 0 aliphatic heterocycles. The molecule has 0 atom stereocenters. The highest BCUT2D eigenvalue weighted by Gasteiger charge is 1.97. The van der Waals surface area contributed by atoms with E-state index >= 15 is 0 Å². The van der Waals surface area contributed by atoms with Gasteiger partial charge >= 0.3 is 0 Å². The topological polar surface area (TPSA) is 58.0 Å². The molecule has 0 amide bonds. The lowest BCUT2D eigenvalue weighted by Gasteiger charge is -2.01. The van der Waals surface area contributed by atoms with Crippen LogP contribution in [0.1, 0.15) is 18.4 Å². The fraction of sp³-hybridized carbons (Fsp3) is 0.429. The predicted molar refractivity (Wildman–Crippen MR) is 41.6 cm³/mol. The molecular weight excluding hydrogens is 142 g/mol. The first-order valence-corrected chi connectivity index (χ1v) is 3.51. The number of nitrogens with one attached hydrogen (secondary N) is 1. The van der Waals surface area contributed by atoms with Crippen LogP contribution in [0.25, 0.3) is 0 Å². The standard InChI is InChI=1S/C7H11N3O/c1-3-6-8-5(2)4-7(9-6)10-11/h4,11H,3H2,1-2H3,(H,8,9,10). The van der Waals surface area contributed by atoms with Crippen LogP contribution in [0.5, 0.6) is 0 Å². The van der Waals surface area contributed by atoms with Gasteiger partial charge in [-0.05, 0) is 6.92 Å². The molecule has 1 heterocycles. The Morgan fingerprint density at radius 1 is 1.55 bits per heavy atom. The van der Waals surface area contributed by atoms with Crippen molar-refractivity contribution in [3.8, 4) is 0 Å². The van der Waals surface area contributed by atoms with E-state index in [4.69, 9.17) is 5.21 Å². The van der Waals surface area contributed by atoms with E-state index in [0.717, 1.165) is 17.9 Å². The first-order chi connectivity index (χ1) is 5.26. The second-order valence-electron chi connectivity index (χ2n) is 2.28. The van der Waals surface area contributed by atoms with Gasteiger partial charge in [-0.2, -0.15) is 0 Å². The molecule has 0 saturated carbocycles. The summed E-state index contributed by atoms with van der Waals surface area (Å²) in [6.07, 6.45) is 0.774. The highest BCUT2D eigenvalue weighted by Crippen LogP contribution is 2.04. The molecule has 1 aromatic rings. The number of hydrogen-bond acceptors (Lipinski definition) is 4. The zero-order valence-electron chi connectivity index (χ0n) is 6.63. The fourth-order valence-corrected chi connectivity index (χ4v) is 0.845. The van der Waals surface area contributed by atoms with Gasteiger partial charge in [0, 0.05) is 18.2 Å². The monoisotopic (exact) mass is 153 g/mol. The van der Waals surface area contributed by atoms with Gasteiger partial charge in [0.05, 0.1) is 0 Å². The molecule has 0 aromatic carbocycles. The molecule has 4 nitrogen and oxygen atoms in total. The molecule has 0 aliphatic carbocycles. The average molecular weight is 153 g/mol. The van der Waals surface area contributed by atoms with Gasteiger partial charge in [0.1, 0.15) is 5.82 Å². The van der Waals surface area contributed by atoms with Crippen molar-refractivity contribution in [2.75, 3.05) is 5.48 Å². The van der Waals surface area contributed by atoms with Crippen molar-refractivity contribution < 1.29 is 5.21 Å². The maximum atomic E-state index is 8.54. The number of aryl methyl sites for hydroxylation is 2. The van der Waals surface area contributed by atoms with Gasteiger partial charge in [0.15, 0.2) is 5.82 Å². The quantitative estimate of drug-likeness (QED) is 0.626. The molecule has 0 saturated heterocycles. The van der Waals surface area contributed by atoms with E-state index in [2.05, 4.69) is 9.97 Å². The maximum absolute atomic E-state index is 8.54. The van der Waals surface area contributed by atoms with E-state index in [1.165, 1.54) is 0 Å². The van der Waals surface area contributed by atoms with Gasteiger partial charge in [-0.3, -0.25) is 10.7 Å². The molecule has 2 N–H and O–H groups in total. The van der Waals surface area contributed by atoms with Crippen molar-refractivity contribution in [2.45, 2.75) is 20.3 Å². The van der Waals surface area contributed by atoms with Gasteiger partial charge in [-0.1, -0.05) is 6.92 Å².